The average Bonchev–Trinajstić information content (AvgIpc) is 2.34. The molecule has 1 unspecified atom stereocenters. The van der Waals surface area contributed by atoms with E-state index in [-0.39, 0.29) is 11.8 Å². The van der Waals surface area contributed by atoms with Crippen LogP contribution < -0.4 is 5.73 Å². The highest BCUT2D eigenvalue weighted by Gasteiger charge is 2.19. The van der Waals surface area contributed by atoms with Gasteiger partial charge in [-0.15, -0.1) is 6.58 Å². The molecule has 1 rings (SSSR count). The number of hydrogen-bond acceptors (Lipinski definition) is 2. The second-order valence-corrected chi connectivity index (χ2v) is 4.06. The van der Waals surface area contributed by atoms with Gasteiger partial charge in [0.2, 0.25) is 5.91 Å². The van der Waals surface area contributed by atoms with Crippen molar-refractivity contribution in [3.63, 3.8) is 0 Å². The first kappa shape index (κ1) is 13.3. The van der Waals surface area contributed by atoms with Gasteiger partial charge in [0.05, 0.1) is 5.92 Å². The number of carbonyl (C=O) groups is 1. The molecule has 92 valence electrons. The van der Waals surface area contributed by atoms with E-state index in [0.717, 1.165) is 5.56 Å². The van der Waals surface area contributed by atoms with E-state index in [1.54, 1.807) is 11.0 Å². The molecule has 0 aliphatic rings. The van der Waals surface area contributed by atoms with E-state index in [0.29, 0.717) is 18.8 Å². The predicted octanol–water partition coefficient (Wildman–Crippen LogP) is 2.41. The first-order chi connectivity index (χ1) is 8.10. The zero-order valence-electron chi connectivity index (χ0n) is 10.5. The summed E-state index contributed by atoms with van der Waals surface area (Å²) in [6.45, 7) is 8.81. The lowest BCUT2D eigenvalue weighted by Crippen LogP contribution is -2.34. The second kappa shape index (κ2) is 6.09. The fourth-order valence-electron chi connectivity index (χ4n) is 1.78. The van der Waals surface area contributed by atoms with Gasteiger partial charge in [0, 0.05) is 18.8 Å². The van der Waals surface area contributed by atoms with Gasteiger partial charge in [-0.05, 0) is 31.5 Å². The third-order valence-corrected chi connectivity index (χ3v) is 2.82. The maximum absolute atomic E-state index is 12.2. The molecule has 0 aliphatic heterocycles. The lowest BCUT2D eigenvalue weighted by Gasteiger charge is -2.23. The number of nitrogens with zero attached hydrogens (tertiary/aromatic N) is 1. The minimum absolute atomic E-state index is 0.109. The Bertz CT molecular complexity index is 401. The number of anilines is 1. The topological polar surface area (TPSA) is 46.3 Å². The summed E-state index contributed by atoms with van der Waals surface area (Å²) < 4.78 is 0. The van der Waals surface area contributed by atoms with Gasteiger partial charge in [-0.25, -0.2) is 0 Å². The van der Waals surface area contributed by atoms with Crippen molar-refractivity contribution in [2.24, 2.45) is 0 Å². The Morgan fingerprint density at radius 2 is 2.29 bits per heavy atom. The summed E-state index contributed by atoms with van der Waals surface area (Å²) in [5, 5.41) is 0. The van der Waals surface area contributed by atoms with Crippen LogP contribution in [0.25, 0.3) is 0 Å². The van der Waals surface area contributed by atoms with Gasteiger partial charge in [0.15, 0.2) is 0 Å². The molecule has 0 fully saturated rings. The highest BCUT2D eigenvalue weighted by Crippen LogP contribution is 2.20. The monoisotopic (exact) mass is 232 g/mol. The Labute approximate surface area is 103 Å². The molecule has 3 heteroatoms. The van der Waals surface area contributed by atoms with Crippen molar-refractivity contribution in [3.05, 3.63) is 42.5 Å². The molecule has 0 aromatic heterocycles. The highest BCUT2D eigenvalue weighted by atomic mass is 16.2. The summed E-state index contributed by atoms with van der Waals surface area (Å²) in [4.78, 5) is 14.0. The Morgan fingerprint density at radius 1 is 1.59 bits per heavy atom. The molecular weight excluding hydrogens is 212 g/mol. The normalized spacial score (nSPS) is 11.9. The molecule has 1 amide bonds. The smallest absolute Gasteiger partial charge is 0.230 e. The first-order valence-electron chi connectivity index (χ1n) is 5.85. The minimum Gasteiger partial charge on any atom is -0.399 e. The lowest BCUT2D eigenvalue weighted by atomic mass is 9.99. The number of hydrogen-bond donors (Lipinski definition) is 1. The van der Waals surface area contributed by atoms with Crippen LogP contribution in [0.5, 0.6) is 0 Å². The van der Waals surface area contributed by atoms with Gasteiger partial charge in [-0.1, -0.05) is 18.2 Å². The number of carbonyl (C=O) groups excluding carboxylic acids is 1. The van der Waals surface area contributed by atoms with Crippen molar-refractivity contribution in [1.82, 2.24) is 4.90 Å². The molecule has 0 heterocycles. The second-order valence-electron chi connectivity index (χ2n) is 4.06. The highest BCUT2D eigenvalue weighted by molar-refractivity contribution is 5.83. The fourth-order valence-corrected chi connectivity index (χ4v) is 1.78. The molecular formula is C14H20N2O. The quantitative estimate of drug-likeness (QED) is 0.626. The zero-order chi connectivity index (χ0) is 12.8. The molecule has 0 saturated heterocycles. The van der Waals surface area contributed by atoms with Crippen LogP contribution >= 0.6 is 0 Å². The van der Waals surface area contributed by atoms with E-state index in [9.17, 15) is 4.79 Å². The zero-order valence-corrected chi connectivity index (χ0v) is 10.5. The average molecular weight is 232 g/mol. The van der Waals surface area contributed by atoms with Crippen LogP contribution in [0, 0.1) is 0 Å². The molecule has 0 saturated carbocycles. The molecule has 1 aromatic rings. The van der Waals surface area contributed by atoms with Crippen LogP contribution in [-0.2, 0) is 4.79 Å². The lowest BCUT2D eigenvalue weighted by molar-refractivity contribution is -0.131. The van der Waals surface area contributed by atoms with Gasteiger partial charge in [0.25, 0.3) is 0 Å². The molecule has 0 spiro atoms. The van der Waals surface area contributed by atoms with Crippen molar-refractivity contribution in [3.8, 4) is 0 Å². The minimum atomic E-state index is -0.168. The first-order valence-corrected chi connectivity index (χ1v) is 5.85. The van der Waals surface area contributed by atoms with Gasteiger partial charge < -0.3 is 10.6 Å². The molecule has 0 radical (unpaired) electrons. The number of nitrogens with two attached hydrogens (primary N) is 1. The molecule has 0 aliphatic carbocycles. The van der Waals surface area contributed by atoms with Crippen molar-refractivity contribution in [1.29, 1.82) is 0 Å². The van der Waals surface area contributed by atoms with E-state index < -0.39 is 0 Å². The van der Waals surface area contributed by atoms with Crippen LogP contribution in [-0.4, -0.2) is 23.9 Å². The molecule has 1 aromatic carbocycles. The number of benzene rings is 1. The van der Waals surface area contributed by atoms with Crippen LogP contribution in [0.15, 0.2) is 36.9 Å². The largest absolute Gasteiger partial charge is 0.399 e. The number of rotatable bonds is 5. The Kier molecular flexibility index (Phi) is 4.76. The van der Waals surface area contributed by atoms with Gasteiger partial charge >= 0.3 is 0 Å². The molecule has 0 bridgehead atoms. The Morgan fingerprint density at radius 3 is 2.82 bits per heavy atom. The summed E-state index contributed by atoms with van der Waals surface area (Å²) in [6, 6.07) is 7.48. The van der Waals surface area contributed by atoms with Gasteiger partial charge in [-0.3, -0.25) is 4.79 Å². The van der Waals surface area contributed by atoms with Crippen molar-refractivity contribution in [2.75, 3.05) is 18.8 Å². The van der Waals surface area contributed by atoms with Crippen molar-refractivity contribution >= 4 is 11.6 Å². The summed E-state index contributed by atoms with van der Waals surface area (Å²) in [6.07, 6.45) is 1.74. The third-order valence-electron chi connectivity index (χ3n) is 2.82. The van der Waals surface area contributed by atoms with E-state index in [1.807, 2.05) is 38.1 Å². The summed E-state index contributed by atoms with van der Waals surface area (Å²) in [7, 11) is 0. The van der Waals surface area contributed by atoms with E-state index in [1.165, 1.54) is 0 Å². The molecule has 17 heavy (non-hydrogen) atoms. The number of amides is 1. The maximum atomic E-state index is 12.2. The summed E-state index contributed by atoms with van der Waals surface area (Å²) in [5.41, 5.74) is 7.37. The van der Waals surface area contributed by atoms with Gasteiger partial charge in [0.1, 0.15) is 0 Å². The SMILES string of the molecule is C=CCN(CC)C(=O)C(C)c1cccc(N)c1. The summed E-state index contributed by atoms with van der Waals surface area (Å²) >= 11 is 0. The van der Waals surface area contributed by atoms with Crippen molar-refractivity contribution in [2.45, 2.75) is 19.8 Å². The standard InChI is InChI=1S/C14H20N2O/c1-4-9-16(5-2)14(17)11(3)12-7-6-8-13(15)10-12/h4,6-8,10-11H,1,5,9,15H2,2-3H3. The van der Waals surface area contributed by atoms with Crippen LogP contribution in [0.1, 0.15) is 25.3 Å². The van der Waals surface area contributed by atoms with E-state index >= 15 is 0 Å². The molecule has 1 atom stereocenters. The van der Waals surface area contributed by atoms with Crippen molar-refractivity contribution < 1.29 is 4.79 Å². The third kappa shape index (κ3) is 3.34. The van der Waals surface area contributed by atoms with Crippen LogP contribution in [0.2, 0.25) is 0 Å². The Hall–Kier alpha value is -1.77. The summed E-state index contributed by atoms with van der Waals surface area (Å²) in [5.74, 6) is -0.0589. The fraction of sp³-hybridized carbons (Fsp3) is 0.357. The van der Waals surface area contributed by atoms with E-state index in [4.69, 9.17) is 5.73 Å². The predicted molar refractivity (Wildman–Crippen MR) is 71.7 cm³/mol. The molecule has 3 nitrogen and oxygen atoms in total. The molecule has 2 N–H and O–H groups in total. The Balaban J connectivity index is 2.85. The van der Waals surface area contributed by atoms with Crippen LogP contribution in [0.3, 0.4) is 0 Å². The van der Waals surface area contributed by atoms with Gasteiger partial charge in [-0.2, -0.15) is 0 Å². The maximum Gasteiger partial charge on any atom is 0.230 e. The van der Waals surface area contributed by atoms with Crippen LogP contribution in [0.4, 0.5) is 5.69 Å². The number of nitrogen functional groups attached to an aromatic ring is 1. The van der Waals surface area contributed by atoms with E-state index in [2.05, 4.69) is 6.58 Å². The number of likely N-dealkylation sites (N-methyl/N-ethyl adjacent to an activating group) is 1.